The highest BCUT2D eigenvalue weighted by Crippen LogP contribution is 2.19. The molecule has 2 N–H and O–H groups in total. The second-order valence-corrected chi connectivity index (χ2v) is 5.00. The van der Waals surface area contributed by atoms with E-state index in [0.717, 1.165) is 11.3 Å². The lowest BCUT2D eigenvalue weighted by Gasteiger charge is -2.14. The van der Waals surface area contributed by atoms with Crippen molar-refractivity contribution in [3.8, 4) is 11.8 Å². The van der Waals surface area contributed by atoms with Crippen LogP contribution in [0.15, 0.2) is 36.7 Å². The van der Waals surface area contributed by atoms with Gasteiger partial charge in [-0.15, -0.1) is 0 Å². The maximum absolute atomic E-state index is 10.2. The van der Waals surface area contributed by atoms with E-state index in [9.17, 15) is 5.11 Å². The highest BCUT2D eigenvalue weighted by Gasteiger charge is 2.10. The molecule has 22 heavy (non-hydrogen) atoms. The number of rotatable bonds is 6. The van der Waals surface area contributed by atoms with Crippen molar-refractivity contribution in [3.63, 3.8) is 0 Å². The van der Waals surface area contributed by atoms with Crippen LogP contribution in [-0.4, -0.2) is 27.7 Å². The van der Waals surface area contributed by atoms with Gasteiger partial charge in [0.05, 0.1) is 12.2 Å². The molecule has 0 saturated carbocycles. The maximum Gasteiger partial charge on any atom is 0.182 e. The van der Waals surface area contributed by atoms with Crippen molar-refractivity contribution in [2.75, 3.05) is 11.9 Å². The van der Waals surface area contributed by atoms with E-state index in [1.165, 1.54) is 12.4 Å². The van der Waals surface area contributed by atoms with Crippen molar-refractivity contribution in [1.29, 1.82) is 5.26 Å². The van der Waals surface area contributed by atoms with E-state index >= 15 is 0 Å². The zero-order valence-electron chi connectivity index (χ0n) is 12.5. The van der Waals surface area contributed by atoms with E-state index in [1.54, 1.807) is 0 Å². The van der Waals surface area contributed by atoms with Crippen molar-refractivity contribution >= 4 is 5.82 Å². The van der Waals surface area contributed by atoms with E-state index in [1.807, 2.05) is 44.2 Å². The number of anilines is 1. The number of hydrogen-bond acceptors (Lipinski definition) is 6. The van der Waals surface area contributed by atoms with Gasteiger partial charge in [0.1, 0.15) is 11.8 Å². The van der Waals surface area contributed by atoms with Gasteiger partial charge in [-0.3, -0.25) is 0 Å². The summed E-state index contributed by atoms with van der Waals surface area (Å²) < 4.78 is 5.56. The number of ether oxygens (including phenoxy) is 1. The lowest BCUT2D eigenvalue weighted by atomic mass is 10.1. The van der Waals surface area contributed by atoms with Crippen LogP contribution < -0.4 is 10.1 Å². The molecule has 0 aliphatic heterocycles. The Balaban J connectivity index is 1.97. The predicted octanol–water partition coefficient (Wildman–Crippen LogP) is 2.28. The molecule has 1 atom stereocenters. The average Bonchev–Trinajstić information content (AvgIpc) is 2.53. The largest absolute Gasteiger partial charge is 0.491 e. The third-order valence-electron chi connectivity index (χ3n) is 2.90. The SMILES string of the molecule is CC(C)Oc1ccc([C@@H](O)CNc2nccnc2C#N)cc1. The molecule has 0 spiro atoms. The summed E-state index contributed by atoms with van der Waals surface area (Å²) in [6.45, 7) is 4.15. The Morgan fingerprint density at radius 3 is 2.55 bits per heavy atom. The summed E-state index contributed by atoms with van der Waals surface area (Å²) in [4.78, 5) is 7.94. The first kappa shape index (κ1) is 15.7. The summed E-state index contributed by atoms with van der Waals surface area (Å²) >= 11 is 0. The van der Waals surface area contributed by atoms with Gasteiger partial charge < -0.3 is 15.2 Å². The van der Waals surface area contributed by atoms with Crippen LogP contribution in [0.1, 0.15) is 31.2 Å². The Kier molecular flexibility index (Phi) is 5.28. The molecule has 6 nitrogen and oxygen atoms in total. The van der Waals surface area contributed by atoms with E-state index in [2.05, 4.69) is 15.3 Å². The normalized spacial score (nSPS) is 11.8. The van der Waals surface area contributed by atoms with Crippen molar-refractivity contribution < 1.29 is 9.84 Å². The number of hydrogen-bond donors (Lipinski definition) is 2. The van der Waals surface area contributed by atoms with Gasteiger partial charge in [-0.2, -0.15) is 5.26 Å². The fraction of sp³-hybridized carbons (Fsp3) is 0.312. The Morgan fingerprint density at radius 2 is 1.91 bits per heavy atom. The molecule has 1 heterocycles. The van der Waals surface area contributed by atoms with Gasteiger partial charge in [0.2, 0.25) is 0 Å². The number of benzene rings is 1. The molecular weight excluding hydrogens is 280 g/mol. The highest BCUT2D eigenvalue weighted by molar-refractivity contribution is 5.46. The van der Waals surface area contributed by atoms with Gasteiger partial charge >= 0.3 is 0 Å². The van der Waals surface area contributed by atoms with Gasteiger partial charge in [0.15, 0.2) is 11.5 Å². The third-order valence-corrected chi connectivity index (χ3v) is 2.90. The molecule has 2 rings (SSSR count). The summed E-state index contributed by atoms with van der Waals surface area (Å²) in [7, 11) is 0. The second kappa shape index (κ2) is 7.38. The van der Waals surface area contributed by atoms with Gasteiger partial charge in [-0.05, 0) is 31.5 Å². The van der Waals surface area contributed by atoms with Gasteiger partial charge in [-0.1, -0.05) is 12.1 Å². The number of aliphatic hydroxyl groups is 1. The first-order chi connectivity index (χ1) is 10.6. The molecule has 2 aromatic rings. The van der Waals surface area contributed by atoms with Crippen LogP contribution in [0.5, 0.6) is 5.75 Å². The summed E-state index contributed by atoms with van der Waals surface area (Å²) in [5.41, 5.74) is 0.960. The Bertz CT molecular complexity index is 650. The highest BCUT2D eigenvalue weighted by atomic mass is 16.5. The maximum atomic E-state index is 10.2. The molecule has 0 radical (unpaired) electrons. The zero-order chi connectivity index (χ0) is 15.9. The van der Waals surface area contributed by atoms with Crippen LogP contribution in [0.4, 0.5) is 5.82 Å². The van der Waals surface area contributed by atoms with E-state index in [4.69, 9.17) is 10.00 Å². The molecule has 0 fully saturated rings. The molecule has 0 unspecified atom stereocenters. The lowest BCUT2D eigenvalue weighted by molar-refractivity contribution is 0.191. The van der Waals surface area contributed by atoms with Crippen molar-refractivity contribution in [2.45, 2.75) is 26.1 Å². The fourth-order valence-corrected chi connectivity index (χ4v) is 1.90. The Morgan fingerprint density at radius 1 is 1.23 bits per heavy atom. The average molecular weight is 298 g/mol. The minimum atomic E-state index is -0.721. The van der Waals surface area contributed by atoms with E-state index < -0.39 is 6.10 Å². The summed E-state index contributed by atoms with van der Waals surface area (Å²) in [6.07, 6.45) is 2.33. The third kappa shape index (κ3) is 4.17. The van der Waals surface area contributed by atoms with Gasteiger partial charge in [0.25, 0.3) is 0 Å². The standard InChI is InChI=1S/C16H18N4O2/c1-11(2)22-13-5-3-12(4-6-13)15(21)10-20-16-14(9-17)18-7-8-19-16/h3-8,11,15,21H,10H2,1-2H3,(H,19,20)/t15-/m0/s1. The fourth-order valence-electron chi connectivity index (χ4n) is 1.90. The lowest BCUT2D eigenvalue weighted by Crippen LogP contribution is -2.14. The predicted molar refractivity (Wildman–Crippen MR) is 82.4 cm³/mol. The topological polar surface area (TPSA) is 91.1 Å². The minimum absolute atomic E-state index is 0.110. The summed E-state index contributed by atoms with van der Waals surface area (Å²) in [5, 5.41) is 22.0. The molecule has 0 aliphatic carbocycles. The van der Waals surface area contributed by atoms with Crippen LogP contribution in [0.2, 0.25) is 0 Å². The summed E-state index contributed by atoms with van der Waals surface area (Å²) in [5.74, 6) is 1.13. The van der Waals surface area contributed by atoms with E-state index in [-0.39, 0.29) is 18.3 Å². The van der Waals surface area contributed by atoms with Crippen molar-refractivity contribution in [3.05, 3.63) is 47.9 Å². The van der Waals surface area contributed by atoms with Crippen molar-refractivity contribution in [1.82, 2.24) is 9.97 Å². The van der Waals surface area contributed by atoms with Crippen molar-refractivity contribution in [2.24, 2.45) is 0 Å². The van der Waals surface area contributed by atoms with Crippen LogP contribution in [0.25, 0.3) is 0 Å². The number of nitriles is 1. The number of aromatic nitrogens is 2. The molecular formula is C16H18N4O2. The smallest absolute Gasteiger partial charge is 0.182 e. The monoisotopic (exact) mass is 298 g/mol. The molecule has 1 aromatic carbocycles. The van der Waals surface area contributed by atoms with E-state index in [0.29, 0.717) is 5.82 Å². The molecule has 0 amide bonds. The quantitative estimate of drug-likeness (QED) is 0.850. The van der Waals surface area contributed by atoms with Crippen LogP contribution in [0, 0.1) is 11.3 Å². The van der Waals surface area contributed by atoms with Crippen LogP contribution >= 0.6 is 0 Å². The molecule has 1 aromatic heterocycles. The Hall–Kier alpha value is -2.65. The van der Waals surface area contributed by atoms with Crippen LogP contribution in [-0.2, 0) is 0 Å². The minimum Gasteiger partial charge on any atom is -0.491 e. The number of nitrogens with one attached hydrogen (secondary N) is 1. The molecule has 114 valence electrons. The number of nitrogens with zero attached hydrogens (tertiary/aromatic N) is 3. The molecule has 0 aliphatic rings. The molecule has 0 saturated heterocycles. The Labute approximate surface area is 129 Å². The first-order valence-corrected chi connectivity index (χ1v) is 7.00. The van der Waals surface area contributed by atoms with Crippen LogP contribution in [0.3, 0.4) is 0 Å². The van der Waals surface area contributed by atoms with Gasteiger partial charge in [-0.25, -0.2) is 9.97 Å². The second-order valence-electron chi connectivity index (χ2n) is 5.00. The van der Waals surface area contributed by atoms with Gasteiger partial charge in [0, 0.05) is 18.9 Å². The molecule has 0 bridgehead atoms. The number of aliphatic hydroxyl groups excluding tert-OH is 1. The molecule has 6 heteroatoms. The first-order valence-electron chi connectivity index (χ1n) is 7.00. The summed E-state index contributed by atoms with van der Waals surface area (Å²) in [6, 6.07) is 9.22. The zero-order valence-corrected chi connectivity index (χ0v) is 12.5.